The van der Waals surface area contributed by atoms with Crippen molar-refractivity contribution in [2.45, 2.75) is 0 Å². The summed E-state index contributed by atoms with van der Waals surface area (Å²) in [6, 6.07) is 2.28. The van der Waals surface area contributed by atoms with Gasteiger partial charge in [-0.05, 0) is 25.4 Å². The summed E-state index contributed by atoms with van der Waals surface area (Å²) in [5, 5.41) is 0.345. The Kier molecular flexibility index (Phi) is 2.64. The van der Waals surface area contributed by atoms with Crippen molar-refractivity contribution in [3.05, 3.63) is 29.8 Å². The Hall–Kier alpha value is -0.270. The van der Waals surface area contributed by atoms with Crippen LogP contribution in [0.3, 0.4) is 0 Å². The summed E-state index contributed by atoms with van der Waals surface area (Å²) in [4.78, 5) is 0. The molecule has 0 fully saturated rings. The Balaban J connectivity index is 3.36. The molecule has 0 unspecified atom stereocenters. The van der Waals surface area contributed by atoms with Gasteiger partial charge in [0.1, 0.15) is 0 Å². The molecule has 0 bridgehead atoms. The number of hydrogen-bond acceptors (Lipinski definition) is 1. The van der Waals surface area contributed by atoms with Gasteiger partial charge < -0.3 is 0 Å². The Labute approximate surface area is 75.6 Å². The van der Waals surface area contributed by atoms with Crippen LogP contribution in [0.2, 0.25) is 0 Å². The minimum absolute atomic E-state index is 0.345. The van der Waals surface area contributed by atoms with E-state index < -0.39 is 17.7 Å². The molecule has 0 N–H and O–H groups in total. The van der Waals surface area contributed by atoms with Crippen molar-refractivity contribution >= 4 is 23.1 Å². The quantitative estimate of drug-likeness (QED) is 0.635. The van der Waals surface area contributed by atoms with Crippen LogP contribution in [0.4, 0.5) is 8.78 Å². The van der Waals surface area contributed by atoms with E-state index in [-0.39, 0.29) is 0 Å². The molecule has 0 heterocycles. The van der Waals surface area contributed by atoms with Crippen molar-refractivity contribution in [3.8, 4) is 0 Å². The first-order valence-corrected chi connectivity index (χ1v) is 7.12. The van der Waals surface area contributed by atoms with Crippen LogP contribution in [0.25, 0.3) is 0 Å². The maximum atomic E-state index is 13.1. The van der Waals surface area contributed by atoms with E-state index in [0.29, 0.717) is 5.30 Å². The molecule has 0 aliphatic heterocycles. The van der Waals surface area contributed by atoms with Crippen LogP contribution in [0.15, 0.2) is 18.2 Å². The first kappa shape index (κ1) is 9.82. The van der Waals surface area contributed by atoms with Crippen LogP contribution in [0.1, 0.15) is 0 Å². The molecule has 4 heteroatoms. The summed E-state index contributed by atoms with van der Waals surface area (Å²) >= 11 is 5.10. The molecule has 0 saturated heterocycles. The zero-order chi connectivity index (χ0) is 9.35. The number of rotatable bonds is 1. The van der Waals surface area contributed by atoms with Crippen LogP contribution < -0.4 is 5.30 Å². The van der Waals surface area contributed by atoms with E-state index >= 15 is 0 Å². The number of hydrogen-bond donors (Lipinski definition) is 0. The summed E-state index contributed by atoms with van der Waals surface area (Å²) in [6.07, 6.45) is 0. The zero-order valence-electron chi connectivity index (χ0n) is 6.84. The summed E-state index contributed by atoms with van der Waals surface area (Å²) in [7, 11) is 0. The smallest absolute Gasteiger partial charge is 0.167 e. The number of benzene rings is 1. The fourth-order valence-corrected chi connectivity index (χ4v) is 2.36. The van der Waals surface area contributed by atoms with Gasteiger partial charge >= 0.3 is 0 Å². The van der Waals surface area contributed by atoms with Gasteiger partial charge in [-0.2, -0.15) is 0 Å². The largest absolute Gasteiger partial charge is 0.204 e. The molecular weight excluding hydrogens is 197 g/mol. The van der Waals surface area contributed by atoms with E-state index in [0.717, 1.165) is 6.07 Å². The number of halogens is 2. The standard InChI is InChI=1S/C8H9F2PS/c1-11(2,12)7-5-3-4-6(9)8(7)10/h3-5H,1-2H3. The van der Waals surface area contributed by atoms with Crippen molar-refractivity contribution in [1.29, 1.82) is 0 Å². The van der Waals surface area contributed by atoms with Gasteiger partial charge in [-0.25, -0.2) is 8.78 Å². The normalized spacial score (nSPS) is 11.7. The van der Waals surface area contributed by atoms with Gasteiger partial charge in [0.15, 0.2) is 11.6 Å². The minimum atomic E-state index is -1.86. The predicted molar refractivity (Wildman–Crippen MR) is 52.1 cm³/mol. The average Bonchev–Trinajstić information content (AvgIpc) is 1.92. The van der Waals surface area contributed by atoms with Crippen molar-refractivity contribution in [2.24, 2.45) is 0 Å². The Morgan fingerprint density at radius 2 is 1.83 bits per heavy atom. The van der Waals surface area contributed by atoms with Gasteiger partial charge in [0.05, 0.1) is 0 Å². The van der Waals surface area contributed by atoms with Gasteiger partial charge in [0.2, 0.25) is 0 Å². The monoisotopic (exact) mass is 206 g/mol. The highest BCUT2D eigenvalue weighted by molar-refractivity contribution is 8.17. The second-order valence-electron chi connectivity index (χ2n) is 2.92. The van der Waals surface area contributed by atoms with E-state index in [9.17, 15) is 8.78 Å². The van der Waals surface area contributed by atoms with Crippen molar-refractivity contribution < 1.29 is 8.78 Å². The fraction of sp³-hybridized carbons (Fsp3) is 0.250. The van der Waals surface area contributed by atoms with E-state index in [1.54, 1.807) is 19.4 Å². The zero-order valence-corrected chi connectivity index (χ0v) is 8.55. The van der Waals surface area contributed by atoms with Crippen molar-refractivity contribution in [1.82, 2.24) is 0 Å². The molecule has 0 radical (unpaired) electrons. The van der Waals surface area contributed by atoms with Gasteiger partial charge in [-0.1, -0.05) is 23.9 Å². The van der Waals surface area contributed by atoms with Gasteiger partial charge in [0.25, 0.3) is 0 Å². The topological polar surface area (TPSA) is 0 Å². The lowest BCUT2D eigenvalue weighted by Gasteiger charge is -2.11. The molecule has 0 atom stereocenters. The maximum Gasteiger partial charge on any atom is 0.167 e. The molecule has 0 amide bonds. The first-order valence-electron chi connectivity index (χ1n) is 3.42. The van der Waals surface area contributed by atoms with E-state index in [1.165, 1.54) is 6.07 Å². The minimum Gasteiger partial charge on any atom is -0.204 e. The highest BCUT2D eigenvalue weighted by Gasteiger charge is 2.14. The SMILES string of the molecule is CP(C)(=S)c1cccc(F)c1F. The molecule has 66 valence electrons. The Bertz CT molecular complexity index is 343. The van der Waals surface area contributed by atoms with E-state index in [2.05, 4.69) is 0 Å². The molecule has 0 aromatic heterocycles. The molecule has 1 aromatic rings. The van der Waals surface area contributed by atoms with E-state index in [1.807, 2.05) is 0 Å². The third kappa shape index (κ3) is 1.90. The van der Waals surface area contributed by atoms with Gasteiger partial charge in [-0.3, -0.25) is 0 Å². The molecular formula is C8H9F2PS. The summed E-state index contributed by atoms with van der Waals surface area (Å²) in [6.45, 7) is 3.56. The first-order chi connectivity index (χ1) is 5.43. The molecule has 1 rings (SSSR count). The Morgan fingerprint density at radius 1 is 1.25 bits per heavy atom. The molecule has 12 heavy (non-hydrogen) atoms. The lowest BCUT2D eigenvalue weighted by Crippen LogP contribution is -2.09. The molecule has 0 aliphatic carbocycles. The summed E-state index contributed by atoms with van der Waals surface area (Å²) < 4.78 is 25.8. The molecule has 0 aliphatic rings. The van der Waals surface area contributed by atoms with Crippen LogP contribution in [0.5, 0.6) is 0 Å². The van der Waals surface area contributed by atoms with Crippen LogP contribution >= 0.6 is 6.04 Å². The second-order valence-corrected chi connectivity index (χ2v) is 8.85. The maximum absolute atomic E-state index is 13.1. The fourth-order valence-electron chi connectivity index (χ4n) is 0.908. The van der Waals surface area contributed by atoms with Gasteiger partial charge in [-0.15, -0.1) is 0 Å². The van der Waals surface area contributed by atoms with Gasteiger partial charge in [0, 0.05) is 5.30 Å². The van der Waals surface area contributed by atoms with Crippen LogP contribution in [-0.4, -0.2) is 13.3 Å². The Morgan fingerprint density at radius 3 is 2.25 bits per heavy atom. The molecule has 0 saturated carbocycles. The lowest BCUT2D eigenvalue weighted by atomic mass is 10.3. The second kappa shape index (κ2) is 3.23. The third-order valence-corrected chi connectivity index (χ3v) is 3.61. The van der Waals surface area contributed by atoms with Crippen LogP contribution in [0, 0.1) is 11.6 Å². The third-order valence-electron chi connectivity index (χ3n) is 1.51. The molecule has 0 spiro atoms. The average molecular weight is 206 g/mol. The molecule has 1 aromatic carbocycles. The summed E-state index contributed by atoms with van der Waals surface area (Å²) in [5.41, 5.74) is 0. The summed E-state index contributed by atoms with van der Waals surface area (Å²) in [5.74, 6) is -1.60. The predicted octanol–water partition coefficient (Wildman–Crippen LogP) is 2.33. The highest BCUT2D eigenvalue weighted by atomic mass is 32.4. The van der Waals surface area contributed by atoms with Crippen molar-refractivity contribution in [2.75, 3.05) is 13.3 Å². The lowest BCUT2D eigenvalue weighted by molar-refractivity contribution is 0.514. The van der Waals surface area contributed by atoms with Crippen LogP contribution in [-0.2, 0) is 11.8 Å². The molecule has 0 nitrogen and oxygen atoms in total. The highest BCUT2D eigenvalue weighted by Crippen LogP contribution is 2.36. The van der Waals surface area contributed by atoms with Crippen molar-refractivity contribution in [3.63, 3.8) is 0 Å². The van der Waals surface area contributed by atoms with E-state index in [4.69, 9.17) is 11.8 Å².